The molecule has 0 aliphatic rings. The molecule has 0 aliphatic heterocycles. The normalized spacial score (nSPS) is 10.6. The maximum absolute atomic E-state index is 14.3. The molecule has 2 N–H and O–H groups in total. The summed E-state index contributed by atoms with van der Waals surface area (Å²) in [6, 6.07) is 10.4. The van der Waals surface area contributed by atoms with E-state index in [0.717, 1.165) is 15.4 Å². The van der Waals surface area contributed by atoms with Gasteiger partial charge in [0.15, 0.2) is 0 Å². The standard InChI is InChI=1S/C17H11BrFN3/c1-9-3-2-4-15(19)16(9)11-6-12-13(5-10(11)7-20)17(21)22-8-14(12)18/h2-6,8H,1H3,(H2,21,22). The van der Waals surface area contributed by atoms with Crippen LogP contribution in [-0.2, 0) is 0 Å². The fourth-order valence-corrected chi connectivity index (χ4v) is 2.98. The molecule has 0 aliphatic carbocycles. The third-order valence-corrected chi connectivity index (χ3v) is 4.25. The number of benzene rings is 2. The summed E-state index contributed by atoms with van der Waals surface area (Å²) in [7, 11) is 0. The molecule has 1 aromatic heterocycles. The SMILES string of the molecule is Cc1cccc(F)c1-c1cc2c(Br)cnc(N)c2cc1C#N. The highest BCUT2D eigenvalue weighted by Crippen LogP contribution is 2.36. The van der Waals surface area contributed by atoms with Crippen molar-refractivity contribution in [2.75, 3.05) is 5.73 Å². The monoisotopic (exact) mass is 355 g/mol. The lowest BCUT2D eigenvalue weighted by atomic mass is 9.93. The Bertz CT molecular complexity index is 925. The van der Waals surface area contributed by atoms with Gasteiger partial charge in [-0.15, -0.1) is 0 Å². The van der Waals surface area contributed by atoms with Crippen molar-refractivity contribution in [3.05, 3.63) is 57.9 Å². The summed E-state index contributed by atoms with van der Waals surface area (Å²) in [4.78, 5) is 4.07. The Balaban J connectivity index is 2.45. The summed E-state index contributed by atoms with van der Waals surface area (Å²) >= 11 is 3.43. The van der Waals surface area contributed by atoms with Crippen LogP contribution in [0.15, 0.2) is 41.0 Å². The molecule has 0 spiro atoms. The number of hydrogen-bond donors (Lipinski definition) is 1. The molecular formula is C17H11BrFN3. The van der Waals surface area contributed by atoms with Crippen molar-refractivity contribution < 1.29 is 4.39 Å². The Kier molecular flexibility index (Phi) is 3.55. The van der Waals surface area contributed by atoms with E-state index in [2.05, 4.69) is 27.0 Å². The van der Waals surface area contributed by atoms with Gasteiger partial charge in [0.05, 0.1) is 11.6 Å². The van der Waals surface area contributed by atoms with Crippen LogP contribution < -0.4 is 5.73 Å². The summed E-state index contributed by atoms with van der Waals surface area (Å²) in [5.41, 5.74) is 8.01. The zero-order chi connectivity index (χ0) is 15.9. The van der Waals surface area contributed by atoms with Crippen LogP contribution >= 0.6 is 15.9 Å². The van der Waals surface area contributed by atoms with Crippen LogP contribution in [0.2, 0.25) is 0 Å². The van der Waals surface area contributed by atoms with Crippen molar-refractivity contribution in [2.45, 2.75) is 6.92 Å². The number of nitrogens with zero attached hydrogens (tertiary/aromatic N) is 2. The first-order valence-corrected chi connectivity index (χ1v) is 7.35. The Morgan fingerprint density at radius 2 is 2.05 bits per heavy atom. The van der Waals surface area contributed by atoms with Crippen molar-refractivity contribution in [1.29, 1.82) is 5.26 Å². The summed E-state index contributed by atoms with van der Waals surface area (Å²) in [6.07, 6.45) is 1.60. The molecule has 3 aromatic rings. The number of nitrogen functional groups attached to an aromatic ring is 1. The van der Waals surface area contributed by atoms with Gasteiger partial charge in [0, 0.05) is 32.6 Å². The first kappa shape index (κ1) is 14.5. The van der Waals surface area contributed by atoms with E-state index in [9.17, 15) is 9.65 Å². The van der Waals surface area contributed by atoms with E-state index < -0.39 is 0 Å². The van der Waals surface area contributed by atoms with Crippen molar-refractivity contribution in [2.24, 2.45) is 0 Å². The van der Waals surface area contributed by atoms with Crippen LogP contribution in [0, 0.1) is 24.1 Å². The topological polar surface area (TPSA) is 62.7 Å². The molecule has 0 saturated carbocycles. The van der Waals surface area contributed by atoms with Gasteiger partial charge in [0.2, 0.25) is 0 Å². The second-order valence-electron chi connectivity index (χ2n) is 4.98. The highest BCUT2D eigenvalue weighted by molar-refractivity contribution is 9.10. The predicted octanol–water partition coefficient (Wildman–Crippen LogP) is 4.57. The molecule has 0 unspecified atom stereocenters. The smallest absolute Gasteiger partial charge is 0.131 e. The highest BCUT2D eigenvalue weighted by atomic mass is 79.9. The number of aromatic nitrogens is 1. The molecule has 1 heterocycles. The predicted molar refractivity (Wildman–Crippen MR) is 88.7 cm³/mol. The number of hydrogen-bond acceptors (Lipinski definition) is 3. The van der Waals surface area contributed by atoms with Crippen molar-refractivity contribution in [1.82, 2.24) is 4.98 Å². The van der Waals surface area contributed by atoms with E-state index in [1.54, 1.807) is 24.4 Å². The fourth-order valence-electron chi connectivity index (χ4n) is 2.55. The third-order valence-electron chi connectivity index (χ3n) is 3.62. The van der Waals surface area contributed by atoms with E-state index in [1.807, 2.05) is 13.0 Å². The van der Waals surface area contributed by atoms with Crippen LogP contribution in [0.3, 0.4) is 0 Å². The maximum atomic E-state index is 14.3. The zero-order valence-corrected chi connectivity index (χ0v) is 13.3. The Hall–Kier alpha value is -2.45. The summed E-state index contributed by atoms with van der Waals surface area (Å²) in [5, 5.41) is 10.9. The molecule has 0 saturated heterocycles. The number of anilines is 1. The number of nitriles is 1. The van der Waals surface area contributed by atoms with Gasteiger partial charge < -0.3 is 5.73 Å². The third kappa shape index (κ3) is 2.22. The summed E-state index contributed by atoms with van der Waals surface area (Å²) in [6.45, 7) is 1.82. The second kappa shape index (κ2) is 5.39. The number of rotatable bonds is 1. The van der Waals surface area contributed by atoms with E-state index in [0.29, 0.717) is 27.9 Å². The van der Waals surface area contributed by atoms with Crippen LogP contribution in [0.25, 0.3) is 21.9 Å². The Morgan fingerprint density at radius 1 is 1.27 bits per heavy atom. The minimum Gasteiger partial charge on any atom is -0.383 e. The van der Waals surface area contributed by atoms with Crippen LogP contribution in [0.1, 0.15) is 11.1 Å². The molecule has 0 atom stereocenters. The molecular weight excluding hydrogens is 345 g/mol. The average molecular weight is 356 g/mol. The molecule has 5 heteroatoms. The van der Waals surface area contributed by atoms with E-state index in [1.165, 1.54) is 6.07 Å². The highest BCUT2D eigenvalue weighted by Gasteiger charge is 2.15. The van der Waals surface area contributed by atoms with Gasteiger partial charge in [-0.05, 0) is 46.6 Å². The molecule has 3 nitrogen and oxygen atoms in total. The number of fused-ring (bicyclic) bond motifs is 1. The molecule has 0 fully saturated rings. The largest absolute Gasteiger partial charge is 0.383 e. The van der Waals surface area contributed by atoms with Gasteiger partial charge in [-0.2, -0.15) is 5.26 Å². The summed E-state index contributed by atoms with van der Waals surface area (Å²) < 4.78 is 15.0. The van der Waals surface area contributed by atoms with Gasteiger partial charge in [-0.3, -0.25) is 0 Å². The molecule has 108 valence electrons. The van der Waals surface area contributed by atoms with E-state index in [4.69, 9.17) is 5.73 Å². The first-order chi connectivity index (χ1) is 10.5. The molecule has 2 aromatic carbocycles. The van der Waals surface area contributed by atoms with E-state index in [-0.39, 0.29) is 5.82 Å². The van der Waals surface area contributed by atoms with Gasteiger partial charge in [-0.1, -0.05) is 12.1 Å². The second-order valence-corrected chi connectivity index (χ2v) is 5.83. The maximum Gasteiger partial charge on any atom is 0.131 e. The van der Waals surface area contributed by atoms with Crippen molar-refractivity contribution >= 4 is 32.5 Å². The van der Waals surface area contributed by atoms with Crippen LogP contribution in [0.4, 0.5) is 10.2 Å². The van der Waals surface area contributed by atoms with Gasteiger partial charge in [-0.25, -0.2) is 9.37 Å². The quantitative estimate of drug-likeness (QED) is 0.695. The van der Waals surface area contributed by atoms with Crippen molar-refractivity contribution in [3.63, 3.8) is 0 Å². The van der Waals surface area contributed by atoms with Crippen LogP contribution in [0.5, 0.6) is 0 Å². The Labute approximate surface area is 135 Å². The molecule has 0 radical (unpaired) electrons. The van der Waals surface area contributed by atoms with E-state index >= 15 is 0 Å². The van der Waals surface area contributed by atoms with Gasteiger partial charge >= 0.3 is 0 Å². The van der Waals surface area contributed by atoms with Gasteiger partial charge in [0.25, 0.3) is 0 Å². The zero-order valence-electron chi connectivity index (χ0n) is 11.7. The number of pyridine rings is 1. The molecule has 0 bridgehead atoms. The number of halogens is 2. The fraction of sp³-hybridized carbons (Fsp3) is 0.0588. The average Bonchev–Trinajstić information content (AvgIpc) is 2.50. The van der Waals surface area contributed by atoms with Crippen molar-refractivity contribution in [3.8, 4) is 17.2 Å². The number of nitrogens with two attached hydrogens (primary N) is 1. The van der Waals surface area contributed by atoms with Gasteiger partial charge in [0.1, 0.15) is 11.6 Å². The molecule has 0 amide bonds. The molecule has 22 heavy (non-hydrogen) atoms. The van der Waals surface area contributed by atoms with Crippen LogP contribution in [-0.4, -0.2) is 4.98 Å². The number of aryl methyl sites for hydroxylation is 1. The summed E-state index contributed by atoms with van der Waals surface area (Å²) in [5.74, 6) is -0.0134. The lowest BCUT2D eigenvalue weighted by Gasteiger charge is -2.12. The lowest BCUT2D eigenvalue weighted by molar-refractivity contribution is 0.630. The minimum atomic E-state index is -0.353. The first-order valence-electron chi connectivity index (χ1n) is 6.56. The Morgan fingerprint density at radius 3 is 2.73 bits per heavy atom. The minimum absolute atomic E-state index is 0.339. The molecule has 3 rings (SSSR count). The lowest BCUT2D eigenvalue weighted by Crippen LogP contribution is -1.96.